The van der Waals surface area contributed by atoms with Crippen molar-refractivity contribution in [3.8, 4) is 17.2 Å². The minimum atomic E-state index is -0.590. The summed E-state index contributed by atoms with van der Waals surface area (Å²) in [5.41, 5.74) is 0.751. The molecule has 0 unspecified atom stereocenters. The van der Waals surface area contributed by atoms with Gasteiger partial charge in [0.15, 0.2) is 0 Å². The topological polar surface area (TPSA) is 167 Å². The Morgan fingerprint density at radius 1 is 0.561 bits per heavy atom. The Morgan fingerprint density at radius 3 is 1.56 bits per heavy atom. The first kappa shape index (κ1) is 45.4. The second kappa shape index (κ2) is 24.5. The highest BCUT2D eigenvalue weighted by molar-refractivity contribution is 5.93. The lowest BCUT2D eigenvalue weighted by molar-refractivity contribution is -0.159. The highest BCUT2D eigenvalue weighted by Gasteiger charge is 2.27. The summed E-state index contributed by atoms with van der Waals surface area (Å²) < 4.78 is 36.7. The third kappa shape index (κ3) is 17.6. The van der Waals surface area contributed by atoms with E-state index in [4.69, 9.17) is 28.4 Å². The number of hydrogen-bond acceptors (Lipinski definition) is 13. The summed E-state index contributed by atoms with van der Waals surface area (Å²) in [7, 11) is 1.29. The lowest BCUT2D eigenvalue weighted by Gasteiger charge is -2.20. The van der Waals surface area contributed by atoms with Gasteiger partial charge in [-0.2, -0.15) is 0 Å². The zero-order chi connectivity index (χ0) is 41.5. The first-order valence-corrected chi connectivity index (χ1v) is 19.0. The average molecular weight is 789 g/mol. The molecule has 13 heteroatoms. The molecule has 3 aromatic carbocycles. The van der Waals surface area contributed by atoms with Gasteiger partial charge < -0.3 is 33.2 Å². The molecule has 0 amide bonds. The van der Waals surface area contributed by atoms with Crippen LogP contribution in [0.1, 0.15) is 105 Å². The van der Waals surface area contributed by atoms with E-state index in [0.29, 0.717) is 62.4 Å². The number of benzene rings is 3. The maximum absolute atomic E-state index is 12.7. The largest absolute Gasteiger partial charge is 0.494 e. The van der Waals surface area contributed by atoms with Crippen molar-refractivity contribution in [3.63, 3.8) is 0 Å². The fourth-order valence-corrected chi connectivity index (χ4v) is 4.80. The van der Waals surface area contributed by atoms with Gasteiger partial charge in [0.2, 0.25) is 0 Å². The van der Waals surface area contributed by atoms with E-state index in [0.717, 1.165) is 24.8 Å². The number of unbranched alkanes of at least 4 members (excludes halogenated alkanes) is 4. The van der Waals surface area contributed by atoms with Crippen LogP contribution in [0, 0.1) is 5.41 Å². The predicted octanol–water partition coefficient (Wildman–Crippen LogP) is 7.88. The number of rotatable bonds is 24. The van der Waals surface area contributed by atoms with Crippen molar-refractivity contribution in [2.45, 2.75) is 78.6 Å². The Kier molecular flexibility index (Phi) is 19.5. The van der Waals surface area contributed by atoms with Crippen molar-refractivity contribution in [3.05, 3.63) is 95.6 Å². The summed E-state index contributed by atoms with van der Waals surface area (Å²) in [5, 5.41) is 0. The van der Waals surface area contributed by atoms with E-state index in [1.165, 1.54) is 37.5 Å². The minimum Gasteiger partial charge on any atom is -0.494 e. The van der Waals surface area contributed by atoms with Crippen molar-refractivity contribution in [2.24, 2.45) is 5.41 Å². The van der Waals surface area contributed by atoms with Gasteiger partial charge >= 0.3 is 35.8 Å². The van der Waals surface area contributed by atoms with Gasteiger partial charge in [0.1, 0.15) is 30.5 Å². The van der Waals surface area contributed by atoms with E-state index in [2.05, 4.69) is 4.74 Å². The highest BCUT2D eigenvalue weighted by Crippen LogP contribution is 2.22. The highest BCUT2D eigenvalue weighted by atomic mass is 16.6. The van der Waals surface area contributed by atoms with Crippen molar-refractivity contribution in [1.82, 2.24) is 0 Å². The zero-order valence-corrected chi connectivity index (χ0v) is 33.1. The van der Waals surface area contributed by atoms with Crippen LogP contribution in [0.15, 0.2) is 78.9 Å². The Morgan fingerprint density at radius 2 is 1.04 bits per heavy atom. The molecule has 0 N–H and O–H groups in total. The van der Waals surface area contributed by atoms with Crippen LogP contribution in [0.2, 0.25) is 0 Å². The van der Waals surface area contributed by atoms with E-state index in [9.17, 15) is 28.8 Å². The fraction of sp³-hybridized carbons (Fsp3) is 0.409. The average Bonchev–Trinajstić information content (AvgIpc) is 3.21. The summed E-state index contributed by atoms with van der Waals surface area (Å²) in [6, 6.07) is 19.1. The fourth-order valence-electron chi connectivity index (χ4n) is 4.80. The molecule has 0 atom stereocenters. The van der Waals surface area contributed by atoms with Gasteiger partial charge in [0.25, 0.3) is 0 Å². The van der Waals surface area contributed by atoms with Gasteiger partial charge in [0, 0.05) is 18.9 Å². The summed E-state index contributed by atoms with van der Waals surface area (Å²) in [5.74, 6) is -1.40. The van der Waals surface area contributed by atoms with E-state index in [1.54, 1.807) is 68.5 Å². The Bertz CT molecular complexity index is 1780. The van der Waals surface area contributed by atoms with Crippen LogP contribution < -0.4 is 14.2 Å². The molecule has 0 saturated carbocycles. The normalized spacial score (nSPS) is 11.0. The molecule has 0 aliphatic carbocycles. The first-order chi connectivity index (χ1) is 27.4. The van der Waals surface area contributed by atoms with Crippen molar-refractivity contribution in [1.29, 1.82) is 0 Å². The molecular formula is C44H52O13. The van der Waals surface area contributed by atoms with Crippen LogP contribution in [-0.2, 0) is 38.1 Å². The Hall–Kier alpha value is -5.98. The maximum Gasteiger partial charge on any atom is 0.343 e. The van der Waals surface area contributed by atoms with Crippen LogP contribution in [0.5, 0.6) is 17.2 Å². The lowest BCUT2D eigenvalue weighted by atomic mass is 9.91. The molecule has 0 radical (unpaired) electrons. The third-order valence-corrected chi connectivity index (χ3v) is 8.69. The van der Waals surface area contributed by atoms with Crippen molar-refractivity contribution in [2.75, 3.05) is 33.5 Å². The van der Waals surface area contributed by atoms with E-state index in [1.807, 2.05) is 6.92 Å². The summed E-state index contributed by atoms with van der Waals surface area (Å²) in [4.78, 5) is 72.3. The molecule has 3 rings (SSSR count). The summed E-state index contributed by atoms with van der Waals surface area (Å²) in [6.45, 7) is 6.33. The molecule has 0 spiro atoms. The molecular weight excluding hydrogens is 736 g/mol. The molecule has 0 fully saturated rings. The predicted molar refractivity (Wildman–Crippen MR) is 210 cm³/mol. The molecule has 306 valence electrons. The van der Waals surface area contributed by atoms with Gasteiger partial charge in [0.05, 0.1) is 36.9 Å². The second-order valence-corrected chi connectivity index (χ2v) is 13.5. The third-order valence-electron chi connectivity index (χ3n) is 8.69. The molecule has 0 aliphatic heterocycles. The number of hydrogen-bond donors (Lipinski definition) is 0. The van der Waals surface area contributed by atoms with Crippen LogP contribution in [0.25, 0.3) is 6.08 Å². The summed E-state index contributed by atoms with van der Waals surface area (Å²) in [6.07, 6.45) is 8.24. The van der Waals surface area contributed by atoms with E-state index in [-0.39, 0.29) is 48.9 Å². The molecule has 0 aromatic heterocycles. The smallest absolute Gasteiger partial charge is 0.343 e. The number of ether oxygens (including phenoxy) is 7. The van der Waals surface area contributed by atoms with Crippen LogP contribution in [0.4, 0.5) is 0 Å². The van der Waals surface area contributed by atoms with Crippen LogP contribution in [-0.4, -0.2) is 69.4 Å². The molecule has 13 nitrogen and oxygen atoms in total. The molecule has 0 heterocycles. The van der Waals surface area contributed by atoms with E-state index < -0.39 is 23.3 Å². The van der Waals surface area contributed by atoms with Gasteiger partial charge in [-0.25, -0.2) is 14.4 Å². The molecule has 0 saturated heterocycles. The minimum absolute atomic E-state index is 0.0314. The number of carbonyl (C=O) groups excluding carboxylic acids is 6. The Labute approximate surface area is 333 Å². The zero-order valence-electron chi connectivity index (χ0n) is 33.1. The monoisotopic (exact) mass is 788 g/mol. The maximum atomic E-state index is 12.7. The molecule has 0 aliphatic rings. The molecule has 3 aromatic rings. The van der Waals surface area contributed by atoms with Crippen molar-refractivity contribution < 1.29 is 61.9 Å². The molecule has 57 heavy (non-hydrogen) atoms. The van der Waals surface area contributed by atoms with Gasteiger partial charge in [-0.05, 0) is 131 Å². The van der Waals surface area contributed by atoms with Gasteiger partial charge in [-0.1, -0.05) is 19.1 Å². The molecule has 0 bridgehead atoms. The number of methoxy groups -OCH3 is 1. The number of carbonyl (C=O) groups is 6. The number of esters is 6. The standard InChI is InChI=1S/C44H52O13/c1-5-44(2,3)43(50)55-31-30-54-40(47)13-9-7-11-29-53-39(46)12-8-6-10-28-52-35-23-17-33(18-24-35)41(48)57-37-25-19-34(20-26-37)42(49)56-36-21-14-32(15-22-36)16-27-38(45)51-4/h14-27H,5-13,28-31H2,1-4H3/b27-16+. The summed E-state index contributed by atoms with van der Waals surface area (Å²) >= 11 is 0. The van der Waals surface area contributed by atoms with Gasteiger partial charge in [-0.15, -0.1) is 0 Å². The SMILES string of the molecule is CCC(C)(C)C(=O)OCCOC(=O)CCCCCOC(=O)CCCCCOc1ccc(C(=O)Oc2ccc(C(=O)Oc3ccc(/C=C/C(=O)OC)cc3)cc2)cc1. The van der Waals surface area contributed by atoms with Crippen LogP contribution >= 0.6 is 0 Å². The lowest BCUT2D eigenvalue weighted by Crippen LogP contribution is -2.27. The van der Waals surface area contributed by atoms with Crippen LogP contribution in [0.3, 0.4) is 0 Å². The van der Waals surface area contributed by atoms with Crippen molar-refractivity contribution >= 4 is 41.9 Å². The Balaban J connectivity index is 1.21. The second-order valence-electron chi connectivity index (χ2n) is 13.5. The van der Waals surface area contributed by atoms with E-state index >= 15 is 0 Å². The quantitative estimate of drug-likeness (QED) is 0.0283. The first-order valence-electron chi connectivity index (χ1n) is 19.0. The van der Waals surface area contributed by atoms with Gasteiger partial charge in [-0.3, -0.25) is 14.4 Å².